The van der Waals surface area contributed by atoms with E-state index in [1.807, 2.05) is 25.1 Å². The van der Waals surface area contributed by atoms with Gasteiger partial charge in [-0.3, -0.25) is 0 Å². The van der Waals surface area contributed by atoms with Crippen LogP contribution in [-0.4, -0.2) is 11.1 Å². The SMILES string of the molecule is C/C=C/c1cccc(C(=O)O)c1Br. The topological polar surface area (TPSA) is 37.3 Å². The Hall–Kier alpha value is -1.09. The maximum Gasteiger partial charge on any atom is 0.336 e. The predicted molar refractivity (Wildman–Crippen MR) is 55.8 cm³/mol. The molecule has 1 N–H and O–H groups in total. The zero-order valence-electron chi connectivity index (χ0n) is 7.12. The van der Waals surface area contributed by atoms with E-state index in [1.165, 1.54) is 0 Å². The molecule has 0 atom stereocenters. The van der Waals surface area contributed by atoms with Crippen LogP contribution in [0.15, 0.2) is 28.7 Å². The Morgan fingerprint density at radius 1 is 1.54 bits per heavy atom. The molecule has 0 aliphatic carbocycles. The minimum atomic E-state index is -0.918. The summed E-state index contributed by atoms with van der Waals surface area (Å²) in [6, 6.07) is 5.15. The van der Waals surface area contributed by atoms with Gasteiger partial charge >= 0.3 is 5.97 Å². The quantitative estimate of drug-likeness (QED) is 0.863. The fourth-order valence-electron chi connectivity index (χ4n) is 1.02. The van der Waals surface area contributed by atoms with E-state index >= 15 is 0 Å². The Morgan fingerprint density at radius 3 is 2.77 bits per heavy atom. The summed E-state index contributed by atoms with van der Waals surface area (Å²) in [7, 11) is 0. The number of carboxylic acids is 1. The molecule has 0 heterocycles. The molecule has 0 aliphatic heterocycles. The maximum absolute atomic E-state index is 10.7. The van der Waals surface area contributed by atoms with E-state index in [0.717, 1.165) is 5.56 Å². The first-order chi connectivity index (χ1) is 6.16. The van der Waals surface area contributed by atoms with Crippen molar-refractivity contribution in [2.45, 2.75) is 6.92 Å². The van der Waals surface area contributed by atoms with Crippen molar-refractivity contribution in [1.82, 2.24) is 0 Å². The van der Waals surface area contributed by atoms with Crippen molar-refractivity contribution < 1.29 is 9.90 Å². The van der Waals surface area contributed by atoms with Gasteiger partial charge in [0.2, 0.25) is 0 Å². The van der Waals surface area contributed by atoms with E-state index in [-0.39, 0.29) is 5.56 Å². The Kier molecular flexibility index (Phi) is 3.25. The lowest BCUT2D eigenvalue weighted by atomic mass is 10.1. The number of aromatic carboxylic acids is 1. The van der Waals surface area contributed by atoms with Crippen LogP contribution in [0, 0.1) is 0 Å². The molecule has 0 aliphatic rings. The lowest BCUT2D eigenvalue weighted by Gasteiger charge is -2.01. The summed E-state index contributed by atoms with van der Waals surface area (Å²) in [5.74, 6) is -0.918. The highest BCUT2D eigenvalue weighted by Crippen LogP contribution is 2.22. The van der Waals surface area contributed by atoms with Gasteiger partial charge in [-0.15, -0.1) is 0 Å². The third-order valence-electron chi connectivity index (χ3n) is 1.61. The highest BCUT2D eigenvalue weighted by molar-refractivity contribution is 9.10. The summed E-state index contributed by atoms with van der Waals surface area (Å²) in [6.45, 7) is 1.89. The first kappa shape index (κ1) is 9.99. The van der Waals surface area contributed by atoms with Gasteiger partial charge < -0.3 is 5.11 Å². The molecule has 0 fully saturated rings. The van der Waals surface area contributed by atoms with Crippen LogP contribution in [0.5, 0.6) is 0 Å². The van der Waals surface area contributed by atoms with Crippen LogP contribution < -0.4 is 0 Å². The van der Waals surface area contributed by atoms with Crippen molar-refractivity contribution in [3.63, 3.8) is 0 Å². The lowest BCUT2D eigenvalue weighted by Crippen LogP contribution is -1.98. The third kappa shape index (κ3) is 2.18. The van der Waals surface area contributed by atoms with Crippen LogP contribution >= 0.6 is 15.9 Å². The molecule has 0 aromatic heterocycles. The summed E-state index contributed by atoms with van der Waals surface area (Å²) in [5, 5.41) is 8.80. The number of allylic oxidation sites excluding steroid dienone is 1. The number of hydrogen-bond donors (Lipinski definition) is 1. The second-order valence-corrected chi connectivity index (χ2v) is 3.31. The van der Waals surface area contributed by atoms with E-state index in [9.17, 15) is 4.79 Å². The van der Waals surface area contributed by atoms with Crippen molar-refractivity contribution >= 4 is 28.0 Å². The molecule has 0 saturated heterocycles. The van der Waals surface area contributed by atoms with Gasteiger partial charge in [-0.05, 0) is 34.5 Å². The van der Waals surface area contributed by atoms with Crippen molar-refractivity contribution in [2.24, 2.45) is 0 Å². The van der Waals surface area contributed by atoms with Crippen molar-refractivity contribution in [1.29, 1.82) is 0 Å². The number of carbonyl (C=O) groups is 1. The standard InChI is InChI=1S/C10H9BrO2/c1-2-4-7-5-3-6-8(9(7)11)10(12)13/h2-6H,1H3,(H,12,13)/b4-2+. The van der Waals surface area contributed by atoms with E-state index < -0.39 is 5.97 Å². The number of halogens is 1. The van der Waals surface area contributed by atoms with Gasteiger partial charge in [-0.1, -0.05) is 24.3 Å². The summed E-state index contributed by atoms with van der Waals surface area (Å²) in [6.07, 6.45) is 3.72. The van der Waals surface area contributed by atoms with E-state index in [1.54, 1.807) is 12.1 Å². The molecule has 0 unspecified atom stereocenters. The third-order valence-corrected chi connectivity index (χ3v) is 2.49. The van der Waals surface area contributed by atoms with Gasteiger partial charge in [-0.25, -0.2) is 4.79 Å². The molecule has 0 amide bonds. The molecule has 2 nitrogen and oxygen atoms in total. The average molecular weight is 241 g/mol. The van der Waals surface area contributed by atoms with Gasteiger partial charge in [0, 0.05) is 4.47 Å². The zero-order chi connectivity index (χ0) is 9.84. The van der Waals surface area contributed by atoms with E-state index in [4.69, 9.17) is 5.11 Å². The van der Waals surface area contributed by atoms with Gasteiger partial charge in [0.1, 0.15) is 0 Å². The van der Waals surface area contributed by atoms with Crippen molar-refractivity contribution in [3.8, 4) is 0 Å². The summed E-state index contributed by atoms with van der Waals surface area (Å²) in [5.41, 5.74) is 1.16. The molecular weight excluding hydrogens is 232 g/mol. The van der Waals surface area contributed by atoms with Gasteiger partial charge in [-0.2, -0.15) is 0 Å². The second kappa shape index (κ2) is 4.23. The molecular formula is C10H9BrO2. The molecule has 0 saturated carbocycles. The number of hydrogen-bond acceptors (Lipinski definition) is 1. The van der Waals surface area contributed by atoms with Gasteiger partial charge in [0.05, 0.1) is 5.56 Å². The highest BCUT2D eigenvalue weighted by atomic mass is 79.9. The monoisotopic (exact) mass is 240 g/mol. The second-order valence-electron chi connectivity index (χ2n) is 2.51. The smallest absolute Gasteiger partial charge is 0.336 e. The molecule has 13 heavy (non-hydrogen) atoms. The first-order valence-electron chi connectivity index (χ1n) is 3.81. The molecule has 1 rings (SSSR count). The van der Waals surface area contributed by atoms with Crippen molar-refractivity contribution in [3.05, 3.63) is 39.9 Å². The molecule has 3 heteroatoms. The van der Waals surface area contributed by atoms with Crippen molar-refractivity contribution in [2.75, 3.05) is 0 Å². The summed E-state index contributed by atoms with van der Waals surface area (Å²) in [4.78, 5) is 10.7. The summed E-state index contributed by atoms with van der Waals surface area (Å²) >= 11 is 3.25. The Balaban J connectivity index is 3.26. The van der Waals surface area contributed by atoms with Crippen LogP contribution in [0.2, 0.25) is 0 Å². The average Bonchev–Trinajstić information content (AvgIpc) is 2.08. The predicted octanol–water partition coefficient (Wildman–Crippen LogP) is 3.18. The van der Waals surface area contributed by atoms with E-state index in [2.05, 4.69) is 15.9 Å². The van der Waals surface area contributed by atoms with E-state index in [0.29, 0.717) is 4.47 Å². The summed E-state index contributed by atoms with van der Waals surface area (Å²) < 4.78 is 0.626. The fraction of sp³-hybridized carbons (Fsp3) is 0.100. The molecule has 1 aromatic rings. The Bertz CT molecular complexity index is 356. The van der Waals surface area contributed by atoms with Crippen LogP contribution in [0.3, 0.4) is 0 Å². The molecule has 0 radical (unpaired) electrons. The number of benzene rings is 1. The number of rotatable bonds is 2. The van der Waals surface area contributed by atoms with Crippen LogP contribution in [0.4, 0.5) is 0 Å². The molecule has 68 valence electrons. The molecule has 0 bridgehead atoms. The fourth-order valence-corrected chi connectivity index (χ4v) is 1.59. The largest absolute Gasteiger partial charge is 0.478 e. The van der Waals surface area contributed by atoms with Crippen LogP contribution in [0.25, 0.3) is 6.08 Å². The highest BCUT2D eigenvalue weighted by Gasteiger charge is 2.09. The molecule has 0 spiro atoms. The molecule has 1 aromatic carbocycles. The maximum atomic E-state index is 10.7. The Labute approximate surface area is 85.0 Å². The minimum absolute atomic E-state index is 0.288. The first-order valence-corrected chi connectivity index (χ1v) is 4.60. The van der Waals surface area contributed by atoms with Gasteiger partial charge in [0.15, 0.2) is 0 Å². The Morgan fingerprint density at radius 2 is 2.23 bits per heavy atom. The lowest BCUT2D eigenvalue weighted by molar-refractivity contribution is 0.0696. The normalized spacial score (nSPS) is 10.6. The van der Waals surface area contributed by atoms with Crippen LogP contribution in [0.1, 0.15) is 22.8 Å². The number of carboxylic acid groups (broad SMARTS) is 1. The minimum Gasteiger partial charge on any atom is -0.478 e. The van der Waals surface area contributed by atoms with Crippen LogP contribution in [-0.2, 0) is 0 Å². The van der Waals surface area contributed by atoms with Gasteiger partial charge in [0.25, 0.3) is 0 Å². The zero-order valence-corrected chi connectivity index (χ0v) is 8.71.